The molecule has 2 aromatic carbocycles. The highest BCUT2D eigenvalue weighted by atomic mass is 35.5. The van der Waals surface area contributed by atoms with Gasteiger partial charge in [0.25, 0.3) is 0 Å². The zero-order chi connectivity index (χ0) is 23.9. The van der Waals surface area contributed by atoms with Gasteiger partial charge in [-0.3, -0.25) is 4.79 Å². The molecule has 2 aromatic rings. The molecule has 0 bridgehead atoms. The molecule has 0 fully saturated rings. The van der Waals surface area contributed by atoms with Crippen molar-refractivity contribution in [2.45, 2.75) is 20.0 Å². The van der Waals surface area contributed by atoms with Crippen molar-refractivity contribution in [3.8, 4) is 5.75 Å². The molecular formula is C22H26Cl2F3N3O2. The fourth-order valence-electron chi connectivity index (χ4n) is 3.01. The molecule has 10 heteroatoms. The standard InChI is InChI=1S/C22H26Cl2F3N3O2/c1-4-30(5-2)10-11-32-20-9-7-16(13-18(20)24)28-21(31)14-29(3)19-8-6-15(12-17(19)23)22(25,26)27/h6-9,12-13H,4-5,10-11,14H2,1-3H3,(H,28,31). The number of benzene rings is 2. The van der Waals surface area contributed by atoms with Crippen LogP contribution in [0.15, 0.2) is 36.4 Å². The molecule has 0 aliphatic rings. The van der Waals surface area contributed by atoms with E-state index in [-0.39, 0.29) is 17.5 Å². The molecule has 32 heavy (non-hydrogen) atoms. The number of anilines is 2. The maximum Gasteiger partial charge on any atom is 0.416 e. The molecule has 1 N–H and O–H groups in total. The van der Waals surface area contributed by atoms with Crippen molar-refractivity contribution in [1.82, 2.24) is 4.90 Å². The lowest BCUT2D eigenvalue weighted by Gasteiger charge is -2.21. The fourth-order valence-corrected chi connectivity index (χ4v) is 3.57. The predicted molar refractivity (Wildman–Crippen MR) is 123 cm³/mol. The van der Waals surface area contributed by atoms with E-state index in [1.165, 1.54) is 11.0 Å². The van der Waals surface area contributed by atoms with Crippen molar-refractivity contribution in [2.24, 2.45) is 0 Å². The largest absolute Gasteiger partial charge is 0.491 e. The van der Waals surface area contributed by atoms with Gasteiger partial charge in [0.2, 0.25) is 5.91 Å². The molecule has 2 rings (SSSR count). The molecule has 0 saturated heterocycles. The summed E-state index contributed by atoms with van der Waals surface area (Å²) in [6, 6.07) is 7.92. The van der Waals surface area contributed by atoms with Crippen LogP contribution in [0.5, 0.6) is 5.75 Å². The number of rotatable bonds is 10. The van der Waals surface area contributed by atoms with Gasteiger partial charge < -0.3 is 19.9 Å². The maximum atomic E-state index is 12.8. The number of ether oxygens (including phenoxy) is 1. The molecule has 176 valence electrons. The number of carbonyl (C=O) groups excluding carboxylic acids is 1. The van der Waals surface area contributed by atoms with Gasteiger partial charge in [0, 0.05) is 19.3 Å². The van der Waals surface area contributed by atoms with E-state index in [4.69, 9.17) is 27.9 Å². The van der Waals surface area contributed by atoms with Gasteiger partial charge in [-0.05, 0) is 49.5 Å². The Morgan fingerprint density at radius 2 is 1.75 bits per heavy atom. The van der Waals surface area contributed by atoms with E-state index in [1.807, 2.05) is 0 Å². The van der Waals surface area contributed by atoms with Crippen LogP contribution >= 0.6 is 23.2 Å². The summed E-state index contributed by atoms with van der Waals surface area (Å²) in [7, 11) is 1.56. The van der Waals surface area contributed by atoms with Gasteiger partial charge in [-0.15, -0.1) is 0 Å². The van der Waals surface area contributed by atoms with Crippen LogP contribution in [0.2, 0.25) is 10.0 Å². The summed E-state index contributed by atoms with van der Waals surface area (Å²) in [6.07, 6.45) is -4.49. The minimum atomic E-state index is -4.49. The number of alkyl halides is 3. The number of likely N-dealkylation sites (N-methyl/N-ethyl adjacent to an activating group) is 2. The van der Waals surface area contributed by atoms with Gasteiger partial charge in [-0.25, -0.2) is 0 Å². The third-order valence-electron chi connectivity index (χ3n) is 4.84. The van der Waals surface area contributed by atoms with E-state index in [2.05, 4.69) is 24.1 Å². The Morgan fingerprint density at radius 3 is 2.31 bits per heavy atom. The molecule has 0 heterocycles. The Labute approximate surface area is 196 Å². The van der Waals surface area contributed by atoms with Crippen LogP contribution in [0.4, 0.5) is 24.5 Å². The number of nitrogens with zero attached hydrogens (tertiary/aromatic N) is 2. The first-order chi connectivity index (χ1) is 15.0. The summed E-state index contributed by atoms with van der Waals surface area (Å²) in [4.78, 5) is 16.1. The summed E-state index contributed by atoms with van der Waals surface area (Å²) in [5.41, 5.74) is -0.0639. The van der Waals surface area contributed by atoms with Gasteiger partial charge in [0.1, 0.15) is 12.4 Å². The van der Waals surface area contributed by atoms with E-state index in [9.17, 15) is 18.0 Å². The zero-order valence-electron chi connectivity index (χ0n) is 18.1. The molecule has 5 nitrogen and oxygen atoms in total. The van der Waals surface area contributed by atoms with Crippen molar-refractivity contribution in [2.75, 3.05) is 50.1 Å². The normalized spacial score (nSPS) is 11.5. The molecule has 0 radical (unpaired) electrons. The van der Waals surface area contributed by atoms with Crippen molar-refractivity contribution in [3.63, 3.8) is 0 Å². The van der Waals surface area contributed by atoms with Crippen LogP contribution in [-0.4, -0.2) is 50.6 Å². The second-order valence-electron chi connectivity index (χ2n) is 7.09. The lowest BCUT2D eigenvalue weighted by Crippen LogP contribution is -2.30. The summed E-state index contributed by atoms with van der Waals surface area (Å²) in [6.45, 7) is 7.18. The summed E-state index contributed by atoms with van der Waals surface area (Å²) < 4.78 is 44.1. The first-order valence-electron chi connectivity index (χ1n) is 10.1. The van der Waals surface area contributed by atoms with Crippen molar-refractivity contribution >= 4 is 40.5 Å². The Morgan fingerprint density at radius 1 is 1.06 bits per heavy atom. The van der Waals surface area contributed by atoms with Crippen LogP contribution in [0.1, 0.15) is 19.4 Å². The summed E-state index contributed by atoms with van der Waals surface area (Å²) in [5, 5.41) is 2.98. The molecular weight excluding hydrogens is 466 g/mol. The lowest BCUT2D eigenvalue weighted by molar-refractivity contribution is -0.137. The van der Waals surface area contributed by atoms with Crippen LogP contribution in [0, 0.1) is 0 Å². The van der Waals surface area contributed by atoms with E-state index in [1.54, 1.807) is 25.2 Å². The van der Waals surface area contributed by atoms with Gasteiger partial charge >= 0.3 is 6.18 Å². The minimum Gasteiger partial charge on any atom is -0.491 e. The Kier molecular flexibility index (Phi) is 9.48. The average Bonchev–Trinajstić information content (AvgIpc) is 2.71. The van der Waals surface area contributed by atoms with Crippen LogP contribution in [-0.2, 0) is 11.0 Å². The van der Waals surface area contributed by atoms with Crippen LogP contribution < -0.4 is 15.0 Å². The van der Waals surface area contributed by atoms with Gasteiger partial charge in [0.15, 0.2) is 0 Å². The fraction of sp³-hybridized carbons (Fsp3) is 0.409. The SMILES string of the molecule is CCN(CC)CCOc1ccc(NC(=O)CN(C)c2ccc(C(F)(F)F)cc2Cl)cc1Cl. The molecule has 0 atom stereocenters. The smallest absolute Gasteiger partial charge is 0.416 e. The molecule has 0 aliphatic heterocycles. The third-order valence-corrected chi connectivity index (χ3v) is 5.44. The van der Waals surface area contributed by atoms with E-state index in [0.29, 0.717) is 28.8 Å². The molecule has 1 amide bonds. The Balaban J connectivity index is 1.94. The monoisotopic (exact) mass is 491 g/mol. The summed E-state index contributed by atoms with van der Waals surface area (Å²) in [5.74, 6) is 0.139. The van der Waals surface area contributed by atoms with Crippen molar-refractivity contribution in [3.05, 3.63) is 52.0 Å². The first kappa shape index (κ1) is 26.1. The number of amides is 1. The van der Waals surface area contributed by atoms with Crippen molar-refractivity contribution < 1.29 is 22.7 Å². The van der Waals surface area contributed by atoms with Crippen LogP contribution in [0.25, 0.3) is 0 Å². The molecule has 0 spiro atoms. The number of carbonyl (C=O) groups is 1. The number of nitrogens with one attached hydrogen (secondary N) is 1. The molecule has 0 aromatic heterocycles. The number of halogens is 5. The number of hydrogen-bond donors (Lipinski definition) is 1. The predicted octanol–water partition coefficient (Wildman–Crippen LogP) is 5.81. The third kappa shape index (κ3) is 7.46. The van der Waals surface area contributed by atoms with Crippen LogP contribution in [0.3, 0.4) is 0 Å². The van der Waals surface area contributed by atoms with Gasteiger partial charge in [-0.2, -0.15) is 13.2 Å². The highest BCUT2D eigenvalue weighted by molar-refractivity contribution is 6.33. The Bertz CT molecular complexity index is 922. The van der Waals surface area contributed by atoms with Gasteiger partial charge in [-0.1, -0.05) is 37.0 Å². The Hall–Kier alpha value is -2.16. The second kappa shape index (κ2) is 11.6. The first-order valence-corrected chi connectivity index (χ1v) is 10.8. The highest BCUT2D eigenvalue weighted by Crippen LogP contribution is 2.35. The molecule has 0 aliphatic carbocycles. The zero-order valence-corrected chi connectivity index (χ0v) is 19.6. The molecule has 0 saturated carbocycles. The topological polar surface area (TPSA) is 44.8 Å². The minimum absolute atomic E-state index is 0.0932. The second-order valence-corrected chi connectivity index (χ2v) is 7.90. The van der Waals surface area contributed by atoms with Gasteiger partial charge in [0.05, 0.1) is 27.8 Å². The van der Waals surface area contributed by atoms with E-state index in [0.717, 1.165) is 31.8 Å². The average molecular weight is 492 g/mol. The quantitative estimate of drug-likeness (QED) is 0.455. The summed E-state index contributed by atoms with van der Waals surface area (Å²) >= 11 is 12.2. The van der Waals surface area contributed by atoms with Crippen molar-refractivity contribution in [1.29, 1.82) is 0 Å². The molecule has 0 unspecified atom stereocenters. The van der Waals surface area contributed by atoms with E-state index < -0.39 is 11.7 Å². The maximum absolute atomic E-state index is 12.8. The lowest BCUT2D eigenvalue weighted by atomic mass is 10.2. The number of hydrogen-bond acceptors (Lipinski definition) is 4. The van der Waals surface area contributed by atoms with E-state index >= 15 is 0 Å². The highest BCUT2D eigenvalue weighted by Gasteiger charge is 2.31.